The van der Waals surface area contributed by atoms with Gasteiger partial charge in [0.25, 0.3) is 0 Å². The third-order valence-electron chi connectivity index (χ3n) is 4.31. The minimum absolute atomic E-state index is 0.317. The van der Waals surface area contributed by atoms with Crippen molar-refractivity contribution in [1.29, 1.82) is 0 Å². The molecule has 27 heavy (non-hydrogen) atoms. The number of nitrogens with zero attached hydrogens (tertiary/aromatic N) is 2. The molecule has 0 saturated carbocycles. The van der Waals surface area contributed by atoms with Crippen molar-refractivity contribution in [3.63, 3.8) is 0 Å². The quantitative estimate of drug-likeness (QED) is 0.404. The van der Waals surface area contributed by atoms with Crippen LogP contribution >= 0.6 is 22.9 Å². The predicted molar refractivity (Wildman–Crippen MR) is 108 cm³/mol. The van der Waals surface area contributed by atoms with Gasteiger partial charge in [-0.05, 0) is 35.2 Å². The average molecular weight is 399 g/mol. The summed E-state index contributed by atoms with van der Waals surface area (Å²) in [4.78, 5) is 5.46. The molecule has 0 radical (unpaired) electrons. The highest BCUT2D eigenvalue weighted by Gasteiger charge is 2.18. The number of ether oxygens (including phenoxy) is 1. The predicted octanol–water partition coefficient (Wildman–Crippen LogP) is 6.13. The number of aromatic nitrogens is 2. The molecule has 136 valence electrons. The average Bonchev–Trinajstić information content (AvgIpc) is 3.34. The lowest BCUT2D eigenvalue weighted by Crippen LogP contribution is -2.04. The molecule has 0 amide bonds. The van der Waals surface area contributed by atoms with Gasteiger partial charge >= 0.3 is 0 Å². The van der Waals surface area contributed by atoms with E-state index in [9.17, 15) is 0 Å². The standard InChI is InChI=1S/C21H16ClFN2OS/c1-26-17-8-7-15(20(23)19(17)14-4-2-5-16(22)12-14)13-25-10-9-24-21(25)18-6-3-11-27-18/h2-12H,13H2,1H3. The number of methoxy groups -OCH3 is 1. The molecule has 0 saturated heterocycles. The van der Waals surface area contributed by atoms with Gasteiger partial charge in [-0.25, -0.2) is 9.37 Å². The van der Waals surface area contributed by atoms with Gasteiger partial charge < -0.3 is 9.30 Å². The summed E-state index contributed by atoms with van der Waals surface area (Å²) in [7, 11) is 1.53. The van der Waals surface area contributed by atoms with E-state index in [2.05, 4.69) is 4.98 Å². The second-order valence-electron chi connectivity index (χ2n) is 5.98. The summed E-state index contributed by atoms with van der Waals surface area (Å²) in [5.41, 5.74) is 1.65. The third-order valence-corrected chi connectivity index (χ3v) is 5.42. The minimum Gasteiger partial charge on any atom is -0.496 e. The highest BCUT2D eigenvalue weighted by molar-refractivity contribution is 7.13. The van der Waals surface area contributed by atoms with Crippen molar-refractivity contribution in [2.45, 2.75) is 6.54 Å². The van der Waals surface area contributed by atoms with E-state index < -0.39 is 0 Å². The maximum Gasteiger partial charge on any atom is 0.150 e. The molecular formula is C21H16ClFN2OS. The number of imidazole rings is 1. The molecule has 2 heterocycles. The summed E-state index contributed by atoms with van der Waals surface area (Å²) < 4.78 is 22.8. The lowest BCUT2D eigenvalue weighted by atomic mass is 10.0. The Kier molecular flexibility index (Phi) is 4.97. The van der Waals surface area contributed by atoms with Crippen LogP contribution in [0, 0.1) is 5.82 Å². The zero-order valence-electron chi connectivity index (χ0n) is 14.5. The zero-order valence-corrected chi connectivity index (χ0v) is 16.1. The van der Waals surface area contributed by atoms with Crippen LogP contribution in [0.2, 0.25) is 5.02 Å². The summed E-state index contributed by atoms with van der Waals surface area (Å²) >= 11 is 7.71. The number of benzene rings is 2. The van der Waals surface area contributed by atoms with Gasteiger partial charge in [-0.3, -0.25) is 0 Å². The smallest absolute Gasteiger partial charge is 0.150 e. The molecule has 6 heteroatoms. The van der Waals surface area contributed by atoms with E-state index in [1.54, 1.807) is 47.9 Å². The third kappa shape index (κ3) is 3.48. The molecule has 4 rings (SSSR count). The zero-order chi connectivity index (χ0) is 18.8. The van der Waals surface area contributed by atoms with Gasteiger partial charge in [0.05, 0.1) is 24.1 Å². The van der Waals surface area contributed by atoms with Gasteiger partial charge in [0.1, 0.15) is 17.4 Å². The second kappa shape index (κ2) is 7.55. The first kappa shape index (κ1) is 17.8. The largest absolute Gasteiger partial charge is 0.496 e. The molecule has 0 aliphatic carbocycles. The monoisotopic (exact) mass is 398 g/mol. The van der Waals surface area contributed by atoms with E-state index in [4.69, 9.17) is 16.3 Å². The lowest BCUT2D eigenvalue weighted by Gasteiger charge is -2.15. The summed E-state index contributed by atoms with van der Waals surface area (Å²) in [6.07, 6.45) is 3.59. The number of hydrogen-bond acceptors (Lipinski definition) is 3. The van der Waals surface area contributed by atoms with E-state index in [1.165, 1.54) is 7.11 Å². The molecule has 0 aliphatic rings. The number of thiophene rings is 1. The van der Waals surface area contributed by atoms with Crippen LogP contribution in [-0.2, 0) is 6.54 Å². The molecule has 2 aromatic carbocycles. The molecule has 2 aromatic heterocycles. The number of rotatable bonds is 5. The summed E-state index contributed by atoms with van der Waals surface area (Å²) in [6, 6.07) is 14.6. The molecule has 0 N–H and O–H groups in total. The first-order valence-electron chi connectivity index (χ1n) is 8.33. The van der Waals surface area contributed by atoms with Crippen LogP contribution in [0.4, 0.5) is 4.39 Å². The maximum absolute atomic E-state index is 15.4. The topological polar surface area (TPSA) is 27.1 Å². The van der Waals surface area contributed by atoms with Crippen LogP contribution in [0.25, 0.3) is 21.8 Å². The summed E-state index contributed by atoms with van der Waals surface area (Å²) in [5, 5.41) is 2.55. The van der Waals surface area contributed by atoms with Crippen molar-refractivity contribution in [3.05, 3.63) is 82.7 Å². The molecule has 0 unspecified atom stereocenters. The summed E-state index contributed by atoms with van der Waals surface area (Å²) in [5.74, 6) is 0.981. The maximum atomic E-state index is 15.4. The molecule has 0 bridgehead atoms. The Hall–Kier alpha value is -2.63. The molecular weight excluding hydrogens is 383 g/mol. The van der Waals surface area contributed by atoms with Gasteiger partial charge in [0, 0.05) is 23.0 Å². The molecule has 0 spiro atoms. The van der Waals surface area contributed by atoms with Gasteiger partial charge in [-0.15, -0.1) is 11.3 Å². The van der Waals surface area contributed by atoms with Gasteiger partial charge in [-0.2, -0.15) is 0 Å². The van der Waals surface area contributed by atoms with Crippen LogP contribution in [0.15, 0.2) is 66.3 Å². The fourth-order valence-electron chi connectivity index (χ4n) is 3.06. The Labute approximate surface area is 165 Å². The Balaban J connectivity index is 1.77. The lowest BCUT2D eigenvalue weighted by molar-refractivity contribution is 0.413. The van der Waals surface area contributed by atoms with Gasteiger partial charge in [0.2, 0.25) is 0 Å². The fourth-order valence-corrected chi connectivity index (χ4v) is 3.98. The van der Waals surface area contributed by atoms with Crippen molar-refractivity contribution in [2.75, 3.05) is 7.11 Å². The molecule has 0 atom stereocenters. The normalized spacial score (nSPS) is 10.9. The van der Waals surface area contributed by atoms with Crippen LogP contribution in [0.5, 0.6) is 5.75 Å². The van der Waals surface area contributed by atoms with E-state index in [0.717, 1.165) is 10.7 Å². The number of hydrogen-bond donors (Lipinski definition) is 0. The van der Waals surface area contributed by atoms with E-state index in [0.29, 0.717) is 34.0 Å². The molecule has 0 aliphatic heterocycles. The van der Waals surface area contributed by atoms with Crippen molar-refractivity contribution < 1.29 is 9.13 Å². The van der Waals surface area contributed by atoms with Crippen LogP contribution in [-0.4, -0.2) is 16.7 Å². The molecule has 0 fully saturated rings. The van der Waals surface area contributed by atoms with Gasteiger partial charge in [0.15, 0.2) is 0 Å². The first-order chi connectivity index (χ1) is 13.2. The number of halogens is 2. The Morgan fingerprint density at radius 1 is 1.19 bits per heavy atom. The Morgan fingerprint density at radius 3 is 2.81 bits per heavy atom. The van der Waals surface area contributed by atoms with Crippen molar-refractivity contribution in [1.82, 2.24) is 9.55 Å². The van der Waals surface area contributed by atoms with E-state index in [-0.39, 0.29) is 5.82 Å². The Morgan fingerprint density at radius 2 is 2.07 bits per heavy atom. The second-order valence-corrected chi connectivity index (χ2v) is 7.37. The minimum atomic E-state index is -0.317. The van der Waals surface area contributed by atoms with E-state index in [1.807, 2.05) is 34.3 Å². The van der Waals surface area contributed by atoms with Crippen LogP contribution < -0.4 is 4.74 Å². The first-order valence-corrected chi connectivity index (χ1v) is 9.59. The van der Waals surface area contributed by atoms with Crippen molar-refractivity contribution >= 4 is 22.9 Å². The Bertz CT molecular complexity index is 1080. The summed E-state index contributed by atoms with van der Waals surface area (Å²) in [6.45, 7) is 0.372. The highest BCUT2D eigenvalue weighted by atomic mass is 35.5. The molecule has 4 aromatic rings. The fraction of sp³-hybridized carbons (Fsp3) is 0.0952. The van der Waals surface area contributed by atoms with Crippen LogP contribution in [0.3, 0.4) is 0 Å². The van der Waals surface area contributed by atoms with E-state index >= 15 is 4.39 Å². The van der Waals surface area contributed by atoms with Crippen molar-refractivity contribution in [2.24, 2.45) is 0 Å². The van der Waals surface area contributed by atoms with Crippen LogP contribution in [0.1, 0.15) is 5.56 Å². The van der Waals surface area contributed by atoms with Gasteiger partial charge in [-0.1, -0.05) is 35.9 Å². The molecule has 3 nitrogen and oxygen atoms in total. The SMILES string of the molecule is COc1ccc(Cn2ccnc2-c2cccs2)c(F)c1-c1cccc(Cl)c1. The van der Waals surface area contributed by atoms with Crippen molar-refractivity contribution in [3.8, 4) is 27.6 Å². The highest BCUT2D eigenvalue weighted by Crippen LogP contribution is 2.36.